The van der Waals surface area contributed by atoms with Crippen LogP contribution < -0.4 is 5.32 Å². The molecule has 2 aliphatic rings. The second kappa shape index (κ2) is 3.02. The molecule has 0 aromatic carbocycles. The Morgan fingerprint density at radius 1 is 1.58 bits per heavy atom. The molecule has 0 amide bonds. The first-order valence-electron chi connectivity index (χ1n) is 4.71. The van der Waals surface area contributed by atoms with E-state index in [0.717, 1.165) is 25.9 Å². The first-order chi connectivity index (χ1) is 5.77. The van der Waals surface area contributed by atoms with Crippen molar-refractivity contribution in [2.45, 2.75) is 19.8 Å². The summed E-state index contributed by atoms with van der Waals surface area (Å²) in [6.07, 6.45) is 4.08. The fourth-order valence-corrected chi connectivity index (χ4v) is 2.11. The lowest BCUT2D eigenvalue weighted by atomic mass is 9.79. The summed E-state index contributed by atoms with van der Waals surface area (Å²) in [5.41, 5.74) is 1.47. The van der Waals surface area contributed by atoms with Gasteiger partial charge in [-0.2, -0.15) is 0 Å². The molecule has 0 radical (unpaired) electrons. The number of hydrogen-bond acceptors (Lipinski definition) is 2. The summed E-state index contributed by atoms with van der Waals surface area (Å²) >= 11 is 0. The maximum absolute atomic E-state index is 11.4. The number of hydrogen-bond donors (Lipinski definition) is 1. The number of piperidine rings is 1. The maximum atomic E-state index is 11.4. The van der Waals surface area contributed by atoms with E-state index < -0.39 is 0 Å². The van der Waals surface area contributed by atoms with Crippen LogP contribution in [0.25, 0.3) is 0 Å². The van der Waals surface area contributed by atoms with E-state index in [2.05, 4.69) is 11.4 Å². The molecular weight excluding hydrogens is 150 g/mol. The van der Waals surface area contributed by atoms with Gasteiger partial charge in [-0.25, -0.2) is 0 Å². The van der Waals surface area contributed by atoms with Gasteiger partial charge in [0.25, 0.3) is 0 Å². The van der Waals surface area contributed by atoms with E-state index in [0.29, 0.717) is 11.7 Å². The molecule has 0 saturated carbocycles. The average molecular weight is 165 g/mol. The van der Waals surface area contributed by atoms with Crippen LogP contribution in [-0.2, 0) is 4.79 Å². The van der Waals surface area contributed by atoms with Crippen molar-refractivity contribution < 1.29 is 4.79 Å². The third-order valence-corrected chi connectivity index (χ3v) is 2.94. The maximum Gasteiger partial charge on any atom is 0.140 e. The van der Waals surface area contributed by atoms with Crippen LogP contribution in [0.1, 0.15) is 19.8 Å². The molecule has 2 nitrogen and oxygen atoms in total. The predicted molar refractivity (Wildman–Crippen MR) is 47.8 cm³/mol. The zero-order valence-electron chi connectivity index (χ0n) is 7.47. The molecule has 0 spiro atoms. The Hall–Kier alpha value is -0.630. The molecule has 1 aliphatic heterocycles. The number of ketones is 1. The second-order valence-corrected chi connectivity index (χ2v) is 3.86. The van der Waals surface area contributed by atoms with Crippen molar-refractivity contribution in [3.63, 3.8) is 0 Å². The van der Waals surface area contributed by atoms with Crippen LogP contribution in [0.15, 0.2) is 11.6 Å². The zero-order valence-corrected chi connectivity index (χ0v) is 7.47. The number of carbonyl (C=O) groups excluding carboxylic acids is 1. The Morgan fingerprint density at radius 2 is 2.42 bits per heavy atom. The van der Waals surface area contributed by atoms with Crippen LogP contribution in [0.2, 0.25) is 0 Å². The molecule has 2 heteroatoms. The molecule has 0 bridgehead atoms. The molecule has 1 heterocycles. The van der Waals surface area contributed by atoms with Crippen molar-refractivity contribution >= 4 is 5.78 Å². The van der Waals surface area contributed by atoms with Crippen LogP contribution in [0.5, 0.6) is 0 Å². The molecule has 2 atom stereocenters. The SMILES string of the molecule is CC1C=C2CNCCC2CC1=O. The van der Waals surface area contributed by atoms with E-state index in [4.69, 9.17) is 0 Å². The Balaban J connectivity index is 2.19. The van der Waals surface area contributed by atoms with E-state index >= 15 is 0 Å². The van der Waals surface area contributed by atoms with Gasteiger partial charge in [0.2, 0.25) is 0 Å². The zero-order chi connectivity index (χ0) is 8.55. The standard InChI is InChI=1S/C10H15NO/c1-7-4-9-6-11-3-2-8(9)5-10(7)12/h4,7-8,11H,2-3,5-6H2,1H3. The van der Waals surface area contributed by atoms with Gasteiger partial charge in [-0.05, 0) is 18.9 Å². The van der Waals surface area contributed by atoms with Crippen LogP contribution in [0.4, 0.5) is 0 Å². The van der Waals surface area contributed by atoms with Crippen molar-refractivity contribution in [2.24, 2.45) is 11.8 Å². The minimum absolute atomic E-state index is 0.163. The number of rotatable bonds is 0. The number of fused-ring (bicyclic) bond motifs is 1. The van der Waals surface area contributed by atoms with Gasteiger partial charge in [0.05, 0.1) is 0 Å². The molecule has 0 aromatic heterocycles. The highest BCUT2D eigenvalue weighted by Gasteiger charge is 2.28. The van der Waals surface area contributed by atoms with Gasteiger partial charge < -0.3 is 5.32 Å². The van der Waals surface area contributed by atoms with Gasteiger partial charge in [0.15, 0.2) is 0 Å². The van der Waals surface area contributed by atoms with Crippen molar-refractivity contribution in [1.29, 1.82) is 0 Å². The Bertz CT molecular complexity index is 232. The van der Waals surface area contributed by atoms with Crippen molar-refractivity contribution in [1.82, 2.24) is 5.32 Å². The summed E-state index contributed by atoms with van der Waals surface area (Å²) in [4.78, 5) is 11.4. The lowest BCUT2D eigenvalue weighted by Gasteiger charge is -2.30. The Morgan fingerprint density at radius 3 is 3.25 bits per heavy atom. The third-order valence-electron chi connectivity index (χ3n) is 2.94. The number of allylic oxidation sites excluding steroid dienone is 1. The third kappa shape index (κ3) is 1.31. The van der Waals surface area contributed by atoms with Crippen LogP contribution in [0, 0.1) is 11.8 Å². The summed E-state index contributed by atoms with van der Waals surface area (Å²) in [6.45, 7) is 4.08. The monoisotopic (exact) mass is 165 g/mol. The lowest BCUT2D eigenvalue weighted by molar-refractivity contribution is -0.122. The number of carbonyl (C=O) groups is 1. The van der Waals surface area contributed by atoms with Gasteiger partial charge in [-0.15, -0.1) is 0 Å². The highest BCUT2D eigenvalue weighted by atomic mass is 16.1. The molecule has 1 saturated heterocycles. The Labute approximate surface area is 73.0 Å². The van der Waals surface area contributed by atoms with Gasteiger partial charge in [-0.3, -0.25) is 4.79 Å². The van der Waals surface area contributed by atoms with E-state index in [1.807, 2.05) is 6.92 Å². The Kier molecular flexibility index (Phi) is 2.01. The van der Waals surface area contributed by atoms with Crippen molar-refractivity contribution in [3.05, 3.63) is 11.6 Å². The summed E-state index contributed by atoms with van der Waals surface area (Å²) in [7, 11) is 0. The first kappa shape index (κ1) is 7.99. The van der Waals surface area contributed by atoms with Gasteiger partial charge in [0.1, 0.15) is 5.78 Å². The number of nitrogens with one attached hydrogen (secondary N) is 1. The minimum atomic E-state index is 0.163. The molecule has 1 N–H and O–H groups in total. The highest BCUT2D eigenvalue weighted by Crippen LogP contribution is 2.29. The minimum Gasteiger partial charge on any atom is -0.313 e. The van der Waals surface area contributed by atoms with E-state index in [1.165, 1.54) is 5.57 Å². The summed E-state index contributed by atoms with van der Waals surface area (Å²) < 4.78 is 0. The quantitative estimate of drug-likeness (QED) is 0.545. The average Bonchev–Trinajstić information content (AvgIpc) is 2.07. The molecule has 2 unspecified atom stereocenters. The summed E-state index contributed by atoms with van der Waals surface area (Å²) in [6, 6.07) is 0. The van der Waals surface area contributed by atoms with Gasteiger partial charge in [-0.1, -0.05) is 18.6 Å². The smallest absolute Gasteiger partial charge is 0.140 e. The fourth-order valence-electron chi connectivity index (χ4n) is 2.11. The van der Waals surface area contributed by atoms with Crippen LogP contribution in [0.3, 0.4) is 0 Å². The molecule has 2 rings (SSSR count). The van der Waals surface area contributed by atoms with Crippen LogP contribution in [-0.4, -0.2) is 18.9 Å². The van der Waals surface area contributed by atoms with E-state index in [9.17, 15) is 4.79 Å². The largest absolute Gasteiger partial charge is 0.313 e. The van der Waals surface area contributed by atoms with Crippen molar-refractivity contribution in [2.75, 3.05) is 13.1 Å². The second-order valence-electron chi connectivity index (χ2n) is 3.86. The lowest BCUT2D eigenvalue weighted by Crippen LogP contribution is -2.35. The van der Waals surface area contributed by atoms with E-state index in [1.54, 1.807) is 0 Å². The number of Topliss-reactive ketones (excluding diaryl/α,β-unsaturated/α-hetero) is 1. The topological polar surface area (TPSA) is 29.1 Å². The molecule has 0 aromatic rings. The molecule has 1 aliphatic carbocycles. The summed E-state index contributed by atoms with van der Waals surface area (Å²) in [5, 5.41) is 3.34. The van der Waals surface area contributed by atoms with Gasteiger partial charge in [0, 0.05) is 18.9 Å². The summed E-state index contributed by atoms with van der Waals surface area (Å²) in [5.74, 6) is 1.15. The molecular formula is C10H15NO. The van der Waals surface area contributed by atoms with E-state index in [-0.39, 0.29) is 5.92 Å². The molecule has 12 heavy (non-hydrogen) atoms. The highest BCUT2D eigenvalue weighted by molar-refractivity contribution is 5.84. The van der Waals surface area contributed by atoms with Gasteiger partial charge >= 0.3 is 0 Å². The molecule has 1 fully saturated rings. The fraction of sp³-hybridized carbons (Fsp3) is 0.700. The van der Waals surface area contributed by atoms with Crippen LogP contribution >= 0.6 is 0 Å². The molecule has 66 valence electrons. The normalized spacial score (nSPS) is 35.8. The first-order valence-corrected chi connectivity index (χ1v) is 4.71. The predicted octanol–water partition coefficient (Wildman–Crippen LogP) is 1.13. The van der Waals surface area contributed by atoms with Crippen molar-refractivity contribution in [3.8, 4) is 0 Å².